The molecule has 0 bridgehead atoms. The summed E-state index contributed by atoms with van der Waals surface area (Å²) in [5, 5.41) is 0. The maximum atomic E-state index is 11.6. The number of primary amides is 1. The number of hydrogen-bond acceptors (Lipinski definition) is 3. The summed E-state index contributed by atoms with van der Waals surface area (Å²) in [6.07, 6.45) is 10.3. The average Bonchev–Trinajstić information content (AvgIpc) is 2.65. The van der Waals surface area contributed by atoms with Crippen molar-refractivity contribution in [3.8, 4) is 0 Å². The zero-order valence-electron chi connectivity index (χ0n) is 12.9. The predicted molar refractivity (Wildman–Crippen MR) is 82.2 cm³/mol. The minimum absolute atomic E-state index is 0.319. The summed E-state index contributed by atoms with van der Waals surface area (Å²) < 4.78 is 0. The lowest BCUT2D eigenvalue weighted by Crippen LogP contribution is -2.58. The van der Waals surface area contributed by atoms with Crippen LogP contribution in [0.2, 0.25) is 0 Å². The van der Waals surface area contributed by atoms with Crippen molar-refractivity contribution in [2.75, 3.05) is 13.1 Å². The maximum Gasteiger partial charge on any atom is 0.237 e. The topological polar surface area (TPSA) is 72.3 Å². The van der Waals surface area contributed by atoms with Crippen molar-refractivity contribution < 1.29 is 4.79 Å². The summed E-state index contributed by atoms with van der Waals surface area (Å²) in [6.45, 7) is 4.61. The van der Waals surface area contributed by atoms with Crippen LogP contribution in [0.3, 0.4) is 0 Å². The van der Waals surface area contributed by atoms with E-state index in [9.17, 15) is 4.79 Å². The van der Waals surface area contributed by atoms with Gasteiger partial charge in [0.05, 0.1) is 5.54 Å². The largest absolute Gasteiger partial charge is 0.368 e. The molecule has 116 valence electrons. The molecule has 4 nitrogen and oxygen atoms in total. The van der Waals surface area contributed by atoms with Crippen LogP contribution in [0.25, 0.3) is 0 Å². The third-order valence-corrected chi connectivity index (χ3v) is 5.35. The van der Waals surface area contributed by atoms with Gasteiger partial charge < -0.3 is 16.4 Å². The van der Waals surface area contributed by atoms with Gasteiger partial charge in [-0.25, -0.2) is 0 Å². The fourth-order valence-electron chi connectivity index (χ4n) is 4.06. The predicted octanol–water partition coefficient (Wildman–Crippen LogP) is 2.01. The second kappa shape index (κ2) is 6.90. The van der Waals surface area contributed by atoms with Crippen molar-refractivity contribution in [2.45, 2.75) is 76.3 Å². The van der Waals surface area contributed by atoms with Crippen molar-refractivity contribution in [3.63, 3.8) is 0 Å². The highest BCUT2D eigenvalue weighted by molar-refractivity contribution is 5.84. The molecule has 0 aromatic heterocycles. The number of carbonyl (C=O) groups is 1. The van der Waals surface area contributed by atoms with Crippen molar-refractivity contribution in [2.24, 2.45) is 17.4 Å². The highest BCUT2D eigenvalue weighted by Crippen LogP contribution is 2.32. The molecule has 20 heavy (non-hydrogen) atoms. The van der Waals surface area contributed by atoms with E-state index in [2.05, 4.69) is 11.8 Å². The van der Waals surface area contributed by atoms with Crippen LogP contribution >= 0.6 is 0 Å². The molecule has 4 N–H and O–H groups in total. The SMILES string of the molecule is CCCC1CCCN(C2CCCC(N)(C(N)=O)C2)CC1. The first-order valence-corrected chi connectivity index (χ1v) is 8.38. The molecule has 1 amide bonds. The Bertz CT molecular complexity index is 334. The molecule has 3 atom stereocenters. The van der Waals surface area contributed by atoms with E-state index in [1.165, 1.54) is 51.6 Å². The van der Waals surface area contributed by atoms with Crippen LogP contribution in [0.15, 0.2) is 0 Å². The van der Waals surface area contributed by atoms with E-state index in [1.54, 1.807) is 0 Å². The van der Waals surface area contributed by atoms with Gasteiger partial charge in [-0.15, -0.1) is 0 Å². The normalized spacial score (nSPS) is 36.5. The third kappa shape index (κ3) is 3.73. The van der Waals surface area contributed by atoms with Gasteiger partial charge in [-0.2, -0.15) is 0 Å². The van der Waals surface area contributed by atoms with Gasteiger partial charge in [0.15, 0.2) is 0 Å². The van der Waals surface area contributed by atoms with Crippen LogP contribution in [-0.4, -0.2) is 35.5 Å². The summed E-state index contributed by atoms with van der Waals surface area (Å²) in [6, 6.07) is 0.460. The Morgan fingerprint density at radius 1 is 1.25 bits per heavy atom. The van der Waals surface area contributed by atoms with E-state index >= 15 is 0 Å². The summed E-state index contributed by atoms with van der Waals surface area (Å²) in [4.78, 5) is 14.2. The third-order valence-electron chi connectivity index (χ3n) is 5.35. The molecule has 1 saturated heterocycles. The van der Waals surface area contributed by atoms with Crippen LogP contribution < -0.4 is 11.5 Å². The van der Waals surface area contributed by atoms with Gasteiger partial charge >= 0.3 is 0 Å². The smallest absolute Gasteiger partial charge is 0.237 e. The minimum Gasteiger partial charge on any atom is -0.368 e. The summed E-state index contributed by atoms with van der Waals surface area (Å²) in [5.74, 6) is 0.577. The lowest BCUT2D eigenvalue weighted by atomic mass is 9.78. The molecule has 1 aliphatic carbocycles. The Balaban J connectivity index is 1.92. The Kier molecular flexibility index (Phi) is 5.44. The Morgan fingerprint density at radius 3 is 2.75 bits per heavy atom. The quantitative estimate of drug-likeness (QED) is 0.828. The number of likely N-dealkylation sites (tertiary alicyclic amines) is 1. The second-order valence-corrected chi connectivity index (χ2v) is 6.89. The van der Waals surface area contributed by atoms with Crippen LogP contribution in [0.5, 0.6) is 0 Å². The fourth-order valence-corrected chi connectivity index (χ4v) is 4.06. The standard InChI is InChI=1S/C16H31N3O/c1-2-5-13-6-4-10-19(11-8-13)14-7-3-9-16(18,12-14)15(17)20/h13-14H,2-12,18H2,1H3,(H2,17,20). The maximum absolute atomic E-state index is 11.6. The Morgan fingerprint density at radius 2 is 2.05 bits per heavy atom. The molecule has 0 radical (unpaired) electrons. The molecule has 1 saturated carbocycles. The minimum atomic E-state index is -0.766. The number of nitrogens with zero attached hydrogens (tertiary/aromatic N) is 1. The molecule has 4 heteroatoms. The Labute approximate surface area is 123 Å². The second-order valence-electron chi connectivity index (χ2n) is 6.89. The van der Waals surface area contributed by atoms with E-state index in [1.807, 2.05) is 0 Å². The highest BCUT2D eigenvalue weighted by Gasteiger charge is 2.39. The molecular weight excluding hydrogens is 250 g/mol. The van der Waals surface area contributed by atoms with Gasteiger partial charge in [0.1, 0.15) is 0 Å². The first-order chi connectivity index (χ1) is 9.55. The molecular formula is C16H31N3O. The van der Waals surface area contributed by atoms with Crippen LogP contribution in [0.4, 0.5) is 0 Å². The highest BCUT2D eigenvalue weighted by atomic mass is 16.1. The number of carbonyl (C=O) groups excluding carboxylic acids is 1. The van der Waals surface area contributed by atoms with Crippen molar-refractivity contribution in [3.05, 3.63) is 0 Å². The van der Waals surface area contributed by atoms with Gasteiger partial charge in [0, 0.05) is 6.04 Å². The number of hydrogen-bond donors (Lipinski definition) is 2. The van der Waals surface area contributed by atoms with Gasteiger partial charge in [0.2, 0.25) is 5.91 Å². The van der Waals surface area contributed by atoms with E-state index in [0.717, 1.165) is 25.2 Å². The Hall–Kier alpha value is -0.610. The van der Waals surface area contributed by atoms with Gasteiger partial charge in [0.25, 0.3) is 0 Å². The number of rotatable bonds is 4. The number of amides is 1. The first-order valence-electron chi connectivity index (χ1n) is 8.38. The van der Waals surface area contributed by atoms with Gasteiger partial charge in [-0.1, -0.05) is 19.8 Å². The first kappa shape index (κ1) is 15.8. The lowest BCUT2D eigenvalue weighted by molar-refractivity contribution is -0.125. The molecule has 1 aliphatic heterocycles. The molecule has 2 rings (SSSR count). The lowest BCUT2D eigenvalue weighted by Gasteiger charge is -2.41. The summed E-state index contributed by atoms with van der Waals surface area (Å²) in [7, 11) is 0. The van der Waals surface area contributed by atoms with Crippen LogP contribution in [0.1, 0.15) is 64.7 Å². The van der Waals surface area contributed by atoms with Gasteiger partial charge in [-0.05, 0) is 64.0 Å². The molecule has 1 heterocycles. The van der Waals surface area contributed by atoms with Crippen LogP contribution in [0, 0.1) is 5.92 Å². The number of nitrogens with two attached hydrogens (primary N) is 2. The summed E-state index contributed by atoms with van der Waals surface area (Å²) >= 11 is 0. The van der Waals surface area contributed by atoms with Crippen LogP contribution in [-0.2, 0) is 4.79 Å². The molecule has 3 unspecified atom stereocenters. The monoisotopic (exact) mass is 281 g/mol. The molecule has 2 aliphatic rings. The van der Waals surface area contributed by atoms with Crippen molar-refractivity contribution >= 4 is 5.91 Å². The zero-order chi connectivity index (χ0) is 14.6. The molecule has 2 fully saturated rings. The van der Waals surface area contributed by atoms with E-state index < -0.39 is 5.54 Å². The van der Waals surface area contributed by atoms with E-state index in [4.69, 9.17) is 11.5 Å². The van der Waals surface area contributed by atoms with Gasteiger partial charge in [-0.3, -0.25) is 4.79 Å². The molecule has 0 aromatic rings. The zero-order valence-corrected chi connectivity index (χ0v) is 12.9. The van der Waals surface area contributed by atoms with Crippen molar-refractivity contribution in [1.82, 2.24) is 4.90 Å². The van der Waals surface area contributed by atoms with E-state index in [-0.39, 0.29) is 5.91 Å². The fraction of sp³-hybridized carbons (Fsp3) is 0.938. The molecule has 0 spiro atoms. The van der Waals surface area contributed by atoms with E-state index in [0.29, 0.717) is 6.04 Å². The van der Waals surface area contributed by atoms with Crippen molar-refractivity contribution in [1.29, 1.82) is 0 Å². The average molecular weight is 281 g/mol. The molecule has 0 aromatic carbocycles. The summed E-state index contributed by atoms with van der Waals surface area (Å²) in [5.41, 5.74) is 10.9.